The molecule has 0 bridgehead atoms. The average molecular weight is 260 g/mol. The number of carbonyl (C=O) groups is 1. The van der Waals surface area contributed by atoms with Gasteiger partial charge in [-0.1, -0.05) is 58.3 Å². The summed E-state index contributed by atoms with van der Waals surface area (Å²) in [5.41, 5.74) is 0. The number of hydrogen-bond acceptors (Lipinski definition) is 4. The second kappa shape index (κ2) is 12.8. The van der Waals surface area contributed by atoms with Crippen LogP contribution in [-0.2, 0) is 9.53 Å². The molecule has 0 amide bonds. The normalized spacial score (nSPS) is 12.4. The van der Waals surface area contributed by atoms with Crippen LogP contribution in [0.15, 0.2) is 0 Å². The van der Waals surface area contributed by atoms with Crippen molar-refractivity contribution in [1.29, 1.82) is 0 Å². The molecule has 0 rings (SSSR count). The summed E-state index contributed by atoms with van der Waals surface area (Å²) in [6, 6.07) is 0. The van der Waals surface area contributed by atoms with Gasteiger partial charge >= 0.3 is 5.97 Å². The molecule has 0 aliphatic rings. The van der Waals surface area contributed by atoms with Crippen molar-refractivity contribution in [3.8, 4) is 0 Å². The van der Waals surface area contributed by atoms with E-state index in [-0.39, 0.29) is 0 Å². The van der Waals surface area contributed by atoms with Crippen LogP contribution in [0.4, 0.5) is 0 Å². The van der Waals surface area contributed by atoms with Gasteiger partial charge in [0.15, 0.2) is 6.10 Å². The lowest BCUT2D eigenvalue weighted by molar-refractivity contribution is -0.155. The molecule has 0 radical (unpaired) electrons. The summed E-state index contributed by atoms with van der Waals surface area (Å²) in [5.74, 6) is -0.725. The van der Waals surface area contributed by atoms with Crippen LogP contribution in [-0.4, -0.2) is 35.5 Å². The topological polar surface area (TPSA) is 66.8 Å². The van der Waals surface area contributed by atoms with E-state index in [9.17, 15) is 4.79 Å². The molecular weight excluding hydrogens is 232 g/mol. The van der Waals surface area contributed by atoms with Crippen molar-refractivity contribution in [3.63, 3.8) is 0 Å². The fraction of sp³-hybridized carbons (Fsp3) is 0.929. The molecule has 4 heteroatoms. The molecule has 0 saturated heterocycles. The molecule has 0 aromatic heterocycles. The number of aliphatic hydroxyl groups is 2. The number of aliphatic hydroxyl groups excluding tert-OH is 2. The van der Waals surface area contributed by atoms with E-state index in [1.54, 1.807) is 0 Å². The van der Waals surface area contributed by atoms with Crippen LogP contribution in [0.1, 0.15) is 64.7 Å². The molecule has 0 aromatic rings. The summed E-state index contributed by atoms with van der Waals surface area (Å²) >= 11 is 0. The maximum atomic E-state index is 11.0. The van der Waals surface area contributed by atoms with Gasteiger partial charge < -0.3 is 14.9 Å². The van der Waals surface area contributed by atoms with E-state index in [1.165, 1.54) is 44.9 Å². The second-order valence-corrected chi connectivity index (χ2v) is 4.69. The molecule has 0 aromatic carbocycles. The maximum absolute atomic E-state index is 11.0. The predicted molar refractivity (Wildman–Crippen MR) is 71.3 cm³/mol. The first-order valence-corrected chi connectivity index (χ1v) is 7.18. The Labute approximate surface area is 110 Å². The molecule has 18 heavy (non-hydrogen) atoms. The van der Waals surface area contributed by atoms with Gasteiger partial charge in [-0.2, -0.15) is 0 Å². The molecule has 0 aliphatic heterocycles. The van der Waals surface area contributed by atoms with Gasteiger partial charge in [0.1, 0.15) is 0 Å². The Hall–Kier alpha value is -0.610. The predicted octanol–water partition coefficient (Wildman–Crippen LogP) is 2.41. The van der Waals surface area contributed by atoms with Gasteiger partial charge in [0.25, 0.3) is 0 Å². The molecule has 0 heterocycles. The lowest BCUT2D eigenvalue weighted by Crippen LogP contribution is -2.26. The number of hydrogen-bond donors (Lipinski definition) is 2. The van der Waals surface area contributed by atoms with Gasteiger partial charge in [0, 0.05) is 0 Å². The first-order chi connectivity index (χ1) is 8.72. The van der Waals surface area contributed by atoms with Crippen LogP contribution < -0.4 is 0 Å². The molecule has 0 spiro atoms. The van der Waals surface area contributed by atoms with Crippen molar-refractivity contribution in [2.24, 2.45) is 0 Å². The Bertz CT molecular complexity index is 194. The molecular formula is C14H28O4. The van der Waals surface area contributed by atoms with Gasteiger partial charge in [0.2, 0.25) is 0 Å². The maximum Gasteiger partial charge on any atom is 0.337 e. The average Bonchev–Trinajstić information content (AvgIpc) is 2.39. The third-order valence-electron chi connectivity index (χ3n) is 2.94. The van der Waals surface area contributed by atoms with E-state index in [0.29, 0.717) is 6.61 Å². The van der Waals surface area contributed by atoms with Crippen LogP contribution in [0.5, 0.6) is 0 Å². The monoisotopic (exact) mass is 260 g/mol. The van der Waals surface area contributed by atoms with Crippen molar-refractivity contribution in [2.75, 3.05) is 13.2 Å². The van der Waals surface area contributed by atoms with Gasteiger partial charge in [-0.25, -0.2) is 4.79 Å². The van der Waals surface area contributed by atoms with E-state index in [4.69, 9.17) is 14.9 Å². The summed E-state index contributed by atoms with van der Waals surface area (Å²) in [4.78, 5) is 11.0. The summed E-state index contributed by atoms with van der Waals surface area (Å²) in [5, 5.41) is 17.5. The van der Waals surface area contributed by atoms with Crippen LogP contribution in [0.2, 0.25) is 0 Å². The van der Waals surface area contributed by atoms with E-state index in [0.717, 1.165) is 12.8 Å². The smallest absolute Gasteiger partial charge is 0.337 e. The highest BCUT2D eigenvalue weighted by atomic mass is 16.5. The Morgan fingerprint density at radius 3 is 2.00 bits per heavy atom. The Balaban J connectivity index is 3.14. The SMILES string of the molecule is CCCCCCCCCCCOC(=O)C(O)CO. The minimum atomic E-state index is -1.39. The zero-order valence-corrected chi connectivity index (χ0v) is 11.6. The lowest BCUT2D eigenvalue weighted by atomic mass is 10.1. The van der Waals surface area contributed by atoms with Crippen molar-refractivity contribution >= 4 is 5.97 Å². The summed E-state index contributed by atoms with van der Waals surface area (Å²) in [6.07, 6.45) is 9.50. The second-order valence-electron chi connectivity index (χ2n) is 4.69. The highest BCUT2D eigenvalue weighted by Gasteiger charge is 2.14. The molecule has 108 valence electrons. The van der Waals surface area contributed by atoms with Crippen LogP contribution in [0.25, 0.3) is 0 Å². The standard InChI is InChI=1S/C14H28O4/c1-2-3-4-5-6-7-8-9-10-11-18-14(17)13(16)12-15/h13,15-16H,2-12H2,1H3. The zero-order valence-electron chi connectivity index (χ0n) is 11.6. The Kier molecular flexibility index (Phi) is 12.4. The van der Waals surface area contributed by atoms with Crippen molar-refractivity contribution in [1.82, 2.24) is 0 Å². The van der Waals surface area contributed by atoms with Crippen molar-refractivity contribution in [2.45, 2.75) is 70.8 Å². The number of ether oxygens (including phenoxy) is 1. The molecule has 0 fully saturated rings. The zero-order chi connectivity index (χ0) is 13.6. The van der Waals surface area contributed by atoms with Crippen molar-refractivity contribution in [3.05, 3.63) is 0 Å². The number of rotatable bonds is 12. The van der Waals surface area contributed by atoms with Crippen LogP contribution in [0.3, 0.4) is 0 Å². The molecule has 0 aliphatic carbocycles. The third-order valence-corrected chi connectivity index (χ3v) is 2.94. The molecule has 0 saturated carbocycles. The van der Waals surface area contributed by atoms with E-state index in [1.807, 2.05) is 0 Å². The van der Waals surface area contributed by atoms with Gasteiger partial charge in [-0.3, -0.25) is 0 Å². The fourth-order valence-corrected chi connectivity index (χ4v) is 1.76. The van der Waals surface area contributed by atoms with Crippen molar-refractivity contribution < 1.29 is 19.7 Å². The fourth-order valence-electron chi connectivity index (χ4n) is 1.76. The summed E-state index contributed by atoms with van der Waals surface area (Å²) in [6.45, 7) is 1.98. The third kappa shape index (κ3) is 10.5. The minimum Gasteiger partial charge on any atom is -0.464 e. The van der Waals surface area contributed by atoms with Crippen LogP contribution >= 0.6 is 0 Å². The Morgan fingerprint density at radius 1 is 1.00 bits per heavy atom. The van der Waals surface area contributed by atoms with Crippen LogP contribution in [0, 0.1) is 0 Å². The minimum absolute atomic E-state index is 0.339. The summed E-state index contributed by atoms with van der Waals surface area (Å²) < 4.78 is 4.81. The van der Waals surface area contributed by atoms with E-state index >= 15 is 0 Å². The van der Waals surface area contributed by atoms with E-state index < -0.39 is 18.7 Å². The Morgan fingerprint density at radius 2 is 1.50 bits per heavy atom. The molecule has 4 nitrogen and oxygen atoms in total. The van der Waals surface area contributed by atoms with Gasteiger partial charge in [-0.05, 0) is 6.42 Å². The quantitative estimate of drug-likeness (QED) is 0.418. The summed E-state index contributed by atoms with van der Waals surface area (Å²) in [7, 11) is 0. The highest BCUT2D eigenvalue weighted by Crippen LogP contribution is 2.09. The van der Waals surface area contributed by atoms with E-state index in [2.05, 4.69) is 6.92 Å². The number of carbonyl (C=O) groups excluding carboxylic acids is 1. The number of unbranched alkanes of at least 4 members (excludes halogenated alkanes) is 8. The number of esters is 1. The van der Waals surface area contributed by atoms with Gasteiger partial charge in [-0.15, -0.1) is 0 Å². The molecule has 1 unspecified atom stereocenters. The first kappa shape index (κ1) is 17.4. The van der Waals surface area contributed by atoms with Gasteiger partial charge in [0.05, 0.1) is 13.2 Å². The first-order valence-electron chi connectivity index (χ1n) is 7.18. The highest BCUT2D eigenvalue weighted by molar-refractivity contribution is 5.74. The lowest BCUT2D eigenvalue weighted by Gasteiger charge is -2.07. The molecule has 2 N–H and O–H groups in total. The molecule has 1 atom stereocenters. The largest absolute Gasteiger partial charge is 0.464 e.